The molecule has 0 bridgehead atoms. The SMILES string of the molecule is C=C[C@@H]1OC(c2ccncc2[N+](=O)[O-])=C[C@H](O[Si](C)(C)C(C)(C)C)[C@@H]1OS(=O)(=O)C(F)(F)F. The van der Waals surface area contributed by atoms with Crippen molar-refractivity contribution in [2.75, 3.05) is 0 Å². The lowest BCUT2D eigenvalue weighted by Crippen LogP contribution is -2.52. The van der Waals surface area contributed by atoms with Crippen LogP contribution in [-0.4, -0.2) is 50.5 Å². The predicted molar refractivity (Wildman–Crippen MR) is 116 cm³/mol. The lowest BCUT2D eigenvalue weighted by Gasteiger charge is -2.43. The Morgan fingerprint density at radius 2 is 1.91 bits per heavy atom. The number of aromatic nitrogens is 1. The first kappa shape index (κ1) is 27.0. The number of rotatable bonds is 7. The number of nitrogens with zero attached hydrogens (tertiary/aromatic N) is 2. The first-order valence-corrected chi connectivity index (χ1v) is 14.0. The fraction of sp³-hybridized carbons (Fsp3) is 0.526. The second kappa shape index (κ2) is 9.16. The molecule has 0 N–H and O–H groups in total. The number of hydrogen-bond donors (Lipinski definition) is 0. The van der Waals surface area contributed by atoms with Crippen molar-refractivity contribution in [1.82, 2.24) is 4.98 Å². The van der Waals surface area contributed by atoms with Crippen LogP contribution in [0.15, 0.2) is 37.2 Å². The minimum Gasteiger partial charge on any atom is -0.483 e. The van der Waals surface area contributed by atoms with Crippen molar-refractivity contribution < 1.29 is 39.9 Å². The first-order chi connectivity index (χ1) is 14.9. The Labute approximate surface area is 190 Å². The molecule has 9 nitrogen and oxygen atoms in total. The van der Waals surface area contributed by atoms with Crippen molar-refractivity contribution in [1.29, 1.82) is 0 Å². The van der Waals surface area contributed by atoms with Gasteiger partial charge in [-0.1, -0.05) is 27.4 Å². The summed E-state index contributed by atoms with van der Waals surface area (Å²) in [6.45, 7) is 12.7. The maximum atomic E-state index is 13.0. The summed E-state index contributed by atoms with van der Waals surface area (Å²) in [5.74, 6) is -0.0954. The average Bonchev–Trinajstić information content (AvgIpc) is 2.66. The number of hydrogen-bond acceptors (Lipinski definition) is 8. The molecule has 0 fully saturated rings. The molecule has 1 aromatic rings. The molecule has 0 saturated carbocycles. The Balaban J connectivity index is 2.65. The van der Waals surface area contributed by atoms with Crippen LogP contribution in [0.3, 0.4) is 0 Å². The number of ether oxygens (including phenoxy) is 1. The van der Waals surface area contributed by atoms with Gasteiger partial charge >= 0.3 is 15.6 Å². The summed E-state index contributed by atoms with van der Waals surface area (Å²) < 4.78 is 79.0. The molecular weight excluding hydrogens is 485 g/mol. The zero-order valence-electron chi connectivity index (χ0n) is 18.6. The number of pyridine rings is 1. The molecule has 184 valence electrons. The van der Waals surface area contributed by atoms with E-state index in [1.807, 2.05) is 33.9 Å². The Morgan fingerprint density at radius 1 is 1.30 bits per heavy atom. The highest BCUT2D eigenvalue weighted by Gasteiger charge is 2.53. The average molecular weight is 511 g/mol. The minimum atomic E-state index is -6.01. The van der Waals surface area contributed by atoms with E-state index in [9.17, 15) is 31.7 Å². The zero-order valence-corrected chi connectivity index (χ0v) is 20.4. The van der Waals surface area contributed by atoms with E-state index in [0.29, 0.717) is 0 Å². The van der Waals surface area contributed by atoms with Crippen molar-refractivity contribution in [3.8, 4) is 0 Å². The summed E-state index contributed by atoms with van der Waals surface area (Å²) in [6, 6.07) is 1.29. The highest BCUT2D eigenvalue weighted by molar-refractivity contribution is 7.87. The summed E-state index contributed by atoms with van der Waals surface area (Å²) in [5, 5.41) is 11.0. The van der Waals surface area contributed by atoms with Gasteiger partial charge in [0, 0.05) is 6.20 Å². The molecule has 3 atom stereocenters. The van der Waals surface area contributed by atoms with Gasteiger partial charge in [0.2, 0.25) is 0 Å². The maximum absolute atomic E-state index is 13.0. The molecular formula is C19H25F3N2O7SSi. The van der Waals surface area contributed by atoms with Crippen LogP contribution in [0.4, 0.5) is 18.9 Å². The molecule has 0 radical (unpaired) electrons. The van der Waals surface area contributed by atoms with Gasteiger partial charge in [-0.2, -0.15) is 21.6 Å². The van der Waals surface area contributed by atoms with Gasteiger partial charge in [-0.3, -0.25) is 19.3 Å². The topological polar surface area (TPSA) is 118 Å². The van der Waals surface area contributed by atoms with E-state index in [2.05, 4.69) is 15.7 Å². The van der Waals surface area contributed by atoms with Crippen LogP contribution in [0, 0.1) is 10.1 Å². The van der Waals surface area contributed by atoms with Crippen molar-refractivity contribution >= 4 is 29.9 Å². The molecule has 2 rings (SSSR count). The fourth-order valence-corrected chi connectivity index (χ4v) is 4.54. The van der Waals surface area contributed by atoms with Gasteiger partial charge in [0.05, 0.1) is 16.6 Å². The third-order valence-corrected chi connectivity index (χ3v) is 11.0. The van der Waals surface area contributed by atoms with E-state index >= 15 is 0 Å². The molecule has 1 aliphatic rings. The van der Waals surface area contributed by atoms with Crippen molar-refractivity contribution in [3.63, 3.8) is 0 Å². The van der Waals surface area contributed by atoms with E-state index in [4.69, 9.17) is 9.16 Å². The van der Waals surface area contributed by atoms with Crippen LogP contribution in [0.5, 0.6) is 0 Å². The summed E-state index contributed by atoms with van der Waals surface area (Å²) in [7, 11) is -8.71. The summed E-state index contributed by atoms with van der Waals surface area (Å²) in [6.07, 6.45) is -0.0310. The Hall–Kier alpha value is -2.29. The van der Waals surface area contributed by atoms with Crippen LogP contribution in [0.2, 0.25) is 18.1 Å². The third kappa shape index (κ3) is 5.80. The Morgan fingerprint density at radius 3 is 2.39 bits per heavy atom. The van der Waals surface area contributed by atoms with E-state index < -0.39 is 57.9 Å². The van der Waals surface area contributed by atoms with E-state index in [-0.39, 0.29) is 11.3 Å². The number of nitro groups is 1. The summed E-state index contributed by atoms with van der Waals surface area (Å²) in [4.78, 5) is 14.4. The van der Waals surface area contributed by atoms with Gasteiger partial charge in [-0.25, -0.2) is 0 Å². The monoisotopic (exact) mass is 510 g/mol. The first-order valence-electron chi connectivity index (χ1n) is 9.68. The largest absolute Gasteiger partial charge is 0.523 e. The Kier molecular flexibility index (Phi) is 7.48. The maximum Gasteiger partial charge on any atom is 0.523 e. The number of alkyl halides is 3. The van der Waals surface area contributed by atoms with Gasteiger partial charge in [0.1, 0.15) is 24.2 Å². The van der Waals surface area contributed by atoms with E-state index in [0.717, 1.165) is 12.3 Å². The summed E-state index contributed by atoms with van der Waals surface area (Å²) in [5.41, 5.74) is -6.10. The molecule has 2 heterocycles. The van der Waals surface area contributed by atoms with Gasteiger partial charge in [0.15, 0.2) is 8.32 Å². The van der Waals surface area contributed by atoms with Crippen LogP contribution in [0.25, 0.3) is 5.76 Å². The van der Waals surface area contributed by atoms with Crippen LogP contribution >= 0.6 is 0 Å². The highest BCUT2D eigenvalue weighted by Crippen LogP contribution is 2.41. The standard InChI is InChI=1S/C19H25F3N2O7SSi/c1-7-14-17(30-32(27,28)19(20,21)22)16(31-33(5,6)18(2,3)4)10-15(29-14)12-8-9-23-11-13(12)24(25)26/h7-11,14,16-17H,1H2,2-6H3/t14-,16-,17+/m0/s1. The van der Waals surface area contributed by atoms with Gasteiger partial charge in [-0.15, -0.1) is 0 Å². The minimum absolute atomic E-state index is 0.0113. The van der Waals surface area contributed by atoms with E-state index in [1.165, 1.54) is 18.3 Å². The second-order valence-corrected chi connectivity index (χ2v) is 15.1. The van der Waals surface area contributed by atoms with Gasteiger partial charge in [0.25, 0.3) is 5.69 Å². The molecule has 14 heteroatoms. The van der Waals surface area contributed by atoms with Gasteiger partial charge < -0.3 is 9.16 Å². The Bertz CT molecular complexity index is 1050. The zero-order chi connectivity index (χ0) is 25.4. The molecule has 33 heavy (non-hydrogen) atoms. The van der Waals surface area contributed by atoms with E-state index in [1.54, 1.807) is 0 Å². The fourth-order valence-electron chi connectivity index (χ4n) is 2.69. The second-order valence-electron chi connectivity index (χ2n) is 8.80. The smallest absolute Gasteiger partial charge is 0.483 e. The van der Waals surface area contributed by atoms with Crippen molar-refractivity contribution in [3.05, 3.63) is 52.9 Å². The molecule has 0 aromatic carbocycles. The molecule has 0 aliphatic carbocycles. The summed E-state index contributed by atoms with van der Waals surface area (Å²) >= 11 is 0. The number of halogens is 3. The normalized spacial score (nSPS) is 22.3. The third-order valence-electron chi connectivity index (χ3n) is 5.48. The van der Waals surface area contributed by atoms with Gasteiger partial charge in [-0.05, 0) is 36.4 Å². The molecule has 0 saturated heterocycles. The quantitative estimate of drug-likeness (QED) is 0.131. The van der Waals surface area contributed by atoms with Crippen LogP contribution < -0.4 is 0 Å². The molecule has 1 aromatic heterocycles. The van der Waals surface area contributed by atoms with Crippen LogP contribution in [-0.2, 0) is 23.5 Å². The highest BCUT2D eigenvalue weighted by atomic mass is 32.2. The molecule has 0 unspecified atom stereocenters. The molecule has 1 aliphatic heterocycles. The van der Waals surface area contributed by atoms with Crippen molar-refractivity contribution in [2.24, 2.45) is 0 Å². The molecule has 0 amide bonds. The lowest BCUT2D eigenvalue weighted by atomic mass is 10.0. The molecule has 0 spiro atoms. The lowest BCUT2D eigenvalue weighted by molar-refractivity contribution is -0.385. The van der Waals surface area contributed by atoms with Crippen LogP contribution in [0.1, 0.15) is 26.3 Å². The predicted octanol–water partition coefficient (Wildman–Crippen LogP) is 4.54. The van der Waals surface area contributed by atoms with Crippen molar-refractivity contribution in [2.45, 2.75) is 62.7 Å².